The van der Waals surface area contributed by atoms with Crippen LogP contribution in [0.2, 0.25) is 0 Å². The van der Waals surface area contributed by atoms with E-state index < -0.39 is 4.08 Å². The van der Waals surface area contributed by atoms with Crippen LogP contribution in [0.15, 0.2) is 0 Å². The molecule has 1 saturated heterocycles. The van der Waals surface area contributed by atoms with Crippen molar-refractivity contribution >= 4 is 41.2 Å². The Labute approximate surface area is 110 Å². The fraction of sp³-hybridized carbons (Fsp3) is 0.800. The molecule has 0 aromatic carbocycles. The molecule has 0 spiro atoms. The van der Waals surface area contributed by atoms with Gasteiger partial charge in [0, 0.05) is 25.1 Å². The van der Waals surface area contributed by atoms with Crippen LogP contribution in [0.5, 0.6) is 0 Å². The van der Waals surface area contributed by atoms with Gasteiger partial charge in [-0.15, -0.1) is 35.3 Å². The van der Waals surface area contributed by atoms with Gasteiger partial charge in [0.2, 0.25) is 4.08 Å². The molecule has 1 heterocycles. The molecule has 2 unspecified atom stereocenters. The number of nitrogens with zero attached hydrogens (tertiary/aromatic N) is 2. The summed E-state index contributed by atoms with van der Waals surface area (Å²) in [4.78, 5) is 13.5. The third kappa shape index (κ3) is 3.02. The van der Waals surface area contributed by atoms with Crippen LogP contribution >= 0.6 is 35.3 Å². The number of thioether (sulfide) groups is 3. The summed E-state index contributed by atoms with van der Waals surface area (Å²) in [6.07, 6.45) is 0. The molecule has 0 saturated carbocycles. The van der Waals surface area contributed by atoms with Gasteiger partial charge in [0.15, 0.2) is 0 Å². The Morgan fingerprint density at radius 2 is 2.25 bits per heavy atom. The summed E-state index contributed by atoms with van der Waals surface area (Å²) in [6.45, 7) is 4.27. The highest BCUT2D eigenvalue weighted by Crippen LogP contribution is 2.52. The Morgan fingerprint density at radius 3 is 2.69 bits per heavy atom. The van der Waals surface area contributed by atoms with Gasteiger partial charge in [0.25, 0.3) is 5.91 Å². The van der Waals surface area contributed by atoms with Crippen molar-refractivity contribution in [2.75, 3.05) is 19.8 Å². The van der Waals surface area contributed by atoms with Crippen molar-refractivity contribution in [1.82, 2.24) is 4.90 Å². The predicted octanol–water partition coefficient (Wildman–Crippen LogP) is 2.24. The van der Waals surface area contributed by atoms with E-state index in [-0.39, 0.29) is 5.91 Å². The second kappa shape index (κ2) is 5.56. The Kier molecular flexibility index (Phi) is 4.89. The van der Waals surface area contributed by atoms with Crippen LogP contribution < -0.4 is 0 Å². The first-order chi connectivity index (χ1) is 7.41. The molecule has 0 bridgehead atoms. The highest BCUT2D eigenvalue weighted by molar-refractivity contribution is 8.29. The molecule has 6 heteroatoms. The quantitative estimate of drug-likeness (QED) is 0.791. The Balaban J connectivity index is 2.73. The molecule has 1 amide bonds. The van der Waals surface area contributed by atoms with Gasteiger partial charge in [-0.25, -0.2) is 0 Å². The maximum Gasteiger partial charge on any atom is 0.263 e. The zero-order valence-electron chi connectivity index (χ0n) is 9.89. The largest absolute Gasteiger partial charge is 0.346 e. The number of carbonyl (C=O) groups excluding carboxylic acids is 1. The normalized spacial score (nSPS) is 29.1. The van der Waals surface area contributed by atoms with E-state index in [0.29, 0.717) is 9.83 Å². The van der Waals surface area contributed by atoms with Crippen molar-refractivity contribution in [3.63, 3.8) is 0 Å². The van der Waals surface area contributed by atoms with Crippen LogP contribution in [0.4, 0.5) is 0 Å². The minimum atomic E-state index is -0.921. The maximum absolute atomic E-state index is 12.0. The smallest absolute Gasteiger partial charge is 0.263 e. The van der Waals surface area contributed by atoms with Gasteiger partial charge in [0.05, 0.1) is 4.58 Å². The minimum absolute atomic E-state index is 0.100. The van der Waals surface area contributed by atoms with Gasteiger partial charge in [-0.3, -0.25) is 4.79 Å². The third-order valence-electron chi connectivity index (χ3n) is 1.98. The summed E-state index contributed by atoms with van der Waals surface area (Å²) in [5.41, 5.74) is 0. The van der Waals surface area contributed by atoms with Crippen molar-refractivity contribution in [2.24, 2.45) is 0 Å². The van der Waals surface area contributed by atoms with Gasteiger partial charge in [-0.2, -0.15) is 5.26 Å². The zero-order valence-corrected chi connectivity index (χ0v) is 12.3. The highest BCUT2D eigenvalue weighted by atomic mass is 32.2. The van der Waals surface area contributed by atoms with Crippen molar-refractivity contribution in [3.05, 3.63) is 0 Å². The molecule has 3 nitrogen and oxygen atoms in total. The molecule has 1 aliphatic heterocycles. The van der Waals surface area contributed by atoms with E-state index in [0.717, 1.165) is 5.75 Å². The van der Waals surface area contributed by atoms with Crippen LogP contribution in [0, 0.1) is 11.3 Å². The Bertz CT molecular complexity index is 314. The number of carbonyl (C=O) groups is 1. The lowest BCUT2D eigenvalue weighted by Crippen LogP contribution is -2.38. The summed E-state index contributed by atoms with van der Waals surface area (Å²) in [6, 6.07) is 2.18. The molecule has 0 aromatic rings. The van der Waals surface area contributed by atoms with Crippen LogP contribution in [-0.2, 0) is 4.79 Å². The van der Waals surface area contributed by atoms with E-state index in [4.69, 9.17) is 0 Å². The summed E-state index contributed by atoms with van der Waals surface area (Å²) in [7, 11) is 3.40. The third-order valence-corrected chi connectivity index (χ3v) is 6.88. The Morgan fingerprint density at radius 1 is 1.62 bits per heavy atom. The highest BCUT2D eigenvalue weighted by Gasteiger charge is 2.48. The van der Waals surface area contributed by atoms with E-state index in [2.05, 4.69) is 19.9 Å². The molecule has 0 N–H and O–H groups in total. The summed E-state index contributed by atoms with van der Waals surface area (Å²) in [5, 5.41) is 9.77. The van der Waals surface area contributed by atoms with Crippen LogP contribution in [0.3, 0.4) is 0 Å². The van der Waals surface area contributed by atoms with Crippen molar-refractivity contribution in [1.29, 1.82) is 5.26 Å². The van der Waals surface area contributed by atoms with Crippen molar-refractivity contribution < 1.29 is 4.79 Å². The summed E-state index contributed by atoms with van der Waals surface area (Å²) >= 11 is 4.79. The lowest BCUT2D eigenvalue weighted by atomic mass is 10.4. The number of amides is 1. The van der Waals surface area contributed by atoms with Gasteiger partial charge < -0.3 is 4.90 Å². The molecule has 0 radical (unpaired) electrons. The first-order valence-corrected chi connectivity index (χ1v) is 7.82. The fourth-order valence-corrected chi connectivity index (χ4v) is 6.70. The van der Waals surface area contributed by atoms with E-state index in [9.17, 15) is 10.1 Å². The zero-order chi connectivity index (χ0) is 12.3. The Hall–Kier alpha value is 0.01000. The lowest BCUT2D eigenvalue weighted by molar-refractivity contribution is -0.127. The van der Waals surface area contributed by atoms with E-state index in [1.807, 2.05) is 11.8 Å². The van der Waals surface area contributed by atoms with Gasteiger partial charge in [0.1, 0.15) is 6.07 Å². The van der Waals surface area contributed by atoms with E-state index in [1.54, 1.807) is 14.1 Å². The summed E-state index contributed by atoms with van der Waals surface area (Å²) < 4.78 is -0.579. The number of hydrogen-bond donors (Lipinski definition) is 0. The van der Waals surface area contributed by atoms with Gasteiger partial charge in [-0.1, -0.05) is 13.8 Å². The first-order valence-electron chi connectivity index (χ1n) is 5.01. The summed E-state index contributed by atoms with van der Waals surface area (Å²) in [5.74, 6) is 0.762. The topological polar surface area (TPSA) is 44.1 Å². The first kappa shape index (κ1) is 14.1. The molecular formula is C10H16N2OS3. The second-order valence-corrected chi connectivity index (χ2v) is 8.96. The molecule has 2 atom stereocenters. The molecular weight excluding hydrogens is 260 g/mol. The SMILES string of the molecule is CC(C)SC1CSC(C#N)(C(=O)N(C)C)S1. The van der Waals surface area contributed by atoms with E-state index in [1.165, 1.54) is 28.4 Å². The monoisotopic (exact) mass is 276 g/mol. The lowest BCUT2D eigenvalue weighted by Gasteiger charge is -2.22. The molecule has 1 fully saturated rings. The minimum Gasteiger partial charge on any atom is -0.346 e. The molecule has 1 rings (SSSR count). The molecule has 16 heavy (non-hydrogen) atoms. The molecule has 0 aromatic heterocycles. The van der Waals surface area contributed by atoms with Crippen LogP contribution in [-0.4, -0.2) is 44.6 Å². The number of hydrogen-bond acceptors (Lipinski definition) is 5. The average Bonchev–Trinajstić information content (AvgIpc) is 2.60. The maximum atomic E-state index is 12.0. The molecule has 90 valence electrons. The fourth-order valence-electron chi connectivity index (χ4n) is 1.32. The van der Waals surface area contributed by atoms with Crippen LogP contribution in [0.25, 0.3) is 0 Å². The second-order valence-electron chi connectivity index (χ2n) is 3.97. The average molecular weight is 276 g/mol. The standard InChI is InChI=1S/C10H16N2OS3/c1-7(2)15-8-5-14-10(6-11,16-8)9(13)12(3)4/h7-8H,5H2,1-4H3. The van der Waals surface area contributed by atoms with Crippen LogP contribution in [0.1, 0.15) is 13.8 Å². The van der Waals surface area contributed by atoms with Gasteiger partial charge in [-0.05, 0) is 0 Å². The van der Waals surface area contributed by atoms with E-state index >= 15 is 0 Å². The predicted molar refractivity (Wildman–Crippen MR) is 73.6 cm³/mol. The molecule has 1 aliphatic rings. The van der Waals surface area contributed by atoms with Gasteiger partial charge >= 0.3 is 0 Å². The number of rotatable bonds is 3. The van der Waals surface area contributed by atoms with Crippen molar-refractivity contribution in [2.45, 2.75) is 27.8 Å². The van der Waals surface area contributed by atoms with Crippen molar-refractivity contribution in [3.8, 4) is 6.07 Å². The molecule has 0 aliphatic carbocycles. The number of nitriles is 1.